The first-order valence-corrected chi connectivity index (χ1v) is 7.07. The first kappa shape index (κ1) is 17.5. The van der Waals surface area contributed by atoms with Crippen LogP contribution in [0, 0.1) is 0 Å². The molecule has 0 aromatic heterocycles. The number of rotatable bonds is 6. The van der Waals surface area contributed by atoms with E-state index in [2.05, 4.69) is 26.0 Å². The van der Waals surface area contributed by atoms with Crippen LogP contribution in [0.5, 0.6) is 0 Å². The van der Waals surface area contributed by atoms with Gasteiger partial charge in [-0.05, 0) is 40.5 Å². The van der Waals surface area contributed by atoms with Crippen molar-refractivity contribution in [2.24, 2.45) is 0 Å². The van der Waals surface area contributed by atoms with Gasteiger partial charge in [-0.15, -0.1) is 0 Å². The van der Waals surface area contributed by atoms with Gasteiger partial charge >= 0.3 is 11.9 Å². The second-order valence-corrected chi connectivity index (χ2v) is 5.39. The minimum Gasteiger partial charge on any atom is -0.480 e. The Hall–Kier alpha value is -1.60. The van der Waals surface area contributed by atoms with E-state index in [0.29, 0.717) is 9.50 Å². The number of carbonyl (C=O) groups is 3. The fraction of sp³-hybridized carbons (Fsp3) is 0.308. The summed E-state index contributed by atoms with van der Waals surface area (Å²) in [6, 6.07) is 3.40. The summed E-state index contributed by atoms with van der Waals surface area (Å²) in [5.41, 5.74) is 0.215. The zero-order valence-corrected chi connectivity index (χ0v) is 13.4. The lowest BCUT2D eigenvalue weighted by Crippen LogP contribution is -2.41. The molecular formula is C13H13BrClNO5. The van der Waals surface area contributed by atoms with E-state index in [0.717, 1.165) is 0 Å². The van der Waals surface area contributed by atoms with Gasteiger partial charge < -0.3 is 15.2 Å². The van der Waals surface area contributed by atoms with Crippen molar-refractivity contribution in [2.45, 2.75) is 18.9 Å². The van der Waals surface area contributed by atoms with Crippen molar-refractivity contribution in [2.75, 3.05) is 7.11 Å². The molecule has 21 heavy (non-hydrogen) atoms. The number of carboxylic acids is 1. The van der Waals surface area contributed by atoms with E-state index in [9.17, 15) is 14.4 Å². The third-order valence-electron chi connectivity index (χ3n) is 2.64. The fourth-order valence-corrected chi connectivity index (χ4v) is 2.13. The third kappa shape index (κ3) is 5.35. The predicted octanol–water partition coefficient (Wildman–Crippen LogP) is 2.24. The molecule has 0 radical (unpaired) electrons. The maximum absolute atomic E-state index is 12.1. The Morgan fingerprint density at radius 2 is 2.10 bits per heavy atom. The summed E-state index contributed by atoms with van der Waals surface area (Å²) in [5.74, 6) is -2.37. The van der Waals surface area contributed by atoms with E-state index in [1.165, 1.54) is 13.2 Å². The van der Waals surface area contributed by atoms with E-state index in [4.69, 9.17) is 16.7 Å². The molecule has 0 heterocycles. The highest BCUT2D eigenvalue weighted by Crippen LogP contribution is 2.21. The number of aliphatic carboxylic acids is 1. The molecule has 114 valence electrons. The van der Waals surface area contributed by atoms with Crippen LogP contribution in [0.3, 0.4) is 0 Å². The highest BCUT2D eigenvalue weighted by atomic mass is 79.9. The van der Waals surface area contributed by atoms with Crippen LogP contribution >= 0.6 is 27.5 Å². The number of nitrogens with one attached hydrogen (secondary N) is 1. The maximum atomic E-state index is 12.1. The SMILES string of the molecule is COC(=O)CCC(NC(=O)c1cc(Cl)ccc1Br)C(=O)O. The molecule has 1 aromatic carbocycles. The highest BCUT2D eigenvalue weighted by molar-refractivity contribution is 9.10. The summed E-state index contributed by atoms with van der Waals surface area (Å²) in [6.45, 7) is 0. The van der Waals surface area contributed by atoms with Gasteiger partial charge in [-0.1, -0.05) is 11.6 Å². The van der Waals surface area contributed by atoms with E-state index >= 15 is 0 Å². The Labute approximate surface area is 134 Å². The molecule has 0 bridgehead atoms. The Bertz CT molecular complexity index is 563. The first-order valence-electron chi connectivity index (χ1n) is 5.90. The molecule has 0 fully saturated rings. The maximum Gasteiger partial charge on any atom is 0.326 e. The van der Waals surface area contributed by atoms with Crippen LogP contribution < -0.4 is 5.32 Å². The quantitative estimate of drug-likeness (QED) is 0.741. The molecule has 0 saturated carbocycles. The molecule has 0 aliphatic rings. The number of hydrogen-bond donors (Lipinski definition) is 2. The van der Waals surface area contributed by atoms with Crippen LogP contribution in [-0.4, -0.2) is 36.1 Å². The van der Waals surface area contributed by atoms with Gasteiger partial charge in [0.25, 0.3) is 5.91 Å². The average molecular weight is 379 g/mol. The Morgan fingerprint density at radius 3 is 2.67 bits per heavy atom. The number of carboxylic acid groups (broad SMARTS) is 1. The van der Waals surface area contributed by atoms with Crippen molar-refractivity contribution in [3.8, 4) is 0 Å². The number of carbonyl (C=O) groups excluding carboxylic acids is 2. The molecule has 0 aliphatic carbocycles. The molecule has 0 aliphatic heterocycles. The second kappa shape index (κ2) is 7.99. The Kier molecular flexibility index (Phi) is 6.64. The van der Waals surface area contributed by atoms with Crippen LogP contribution in [0.25, 0.3) is 0 Å². The molecule has 1 unspecified atom stereocenters. The van der Waals surface area contributed by atoms with Crippen molar-refractivity contribution >= 4 is 45.4 Å². The second-order valence-electron chi connectivity index (χ2n) is 4.10. The van der Waals surface area contributed by atoms with Crippen LogP contribution in [0.4, 0.5) is 0 Å². The lowest BCUT2D eigenvalue weighted by Gasteiger charge is -2.14. The summed E-state index contributed by atoms with van der Waals surface area (Å²) >= 11 is 8.99. The fourth-order valence-electron chi connectivity index (χ4n) is 1.53. The van der Waals surface area contributed by atoms with Crippen molar-refractivity contribution in [3.63, 3.8) is 0 Å². The normalized spacial score (nSPS) is 11.6. The predicted molar refractivity (Wildman–Crippen MR) is 79.3 cm³/mol. The van der Waals surface area contributed by atoms with Crippen molar-refractivity contribution in [1.29, 1.82) is 0 Å². The van der Waals surface area contributed by atoms with Gasteiger partial charge in [0.2, 0.25) is 0 Å². The lowest BCUT2D eigenvalue weighted by atomic mass is 10.1. The molecule has 1 aromatic rings. The summed E-state index contributed by atoms with van der Waals surface area (Å²) in [7, 11) is 1.21. The third-order valence-corrected chi connectivity index (χ3v) is 3.57. The molecule has 1 atom stereocenters. The highest BCUT2D eigenvalue weighted by Gasteiger charge is 2.23. The van der Waals surface area contributed by atoms with Crippen molar-refractivity contribution in [1.82, 2.24) is 5.32 Å². The van der Waals surface area contributed by atoms with Gasteiger partial charge in [-0.3, -0.25) is 9.59 Å². The molecule has 2 N–H and O–H groups in total. The molecule has 8 heteroatoms. The molecule has 0 spiro atoms. The van der Waals surface area contributed by atoms with Gasteiger partial charge in [0, 0.05) is 15.9 Å². The monoisotopic (exact) mass is 377 g/mol. The van der Waals surface area contributed by atoms with Crippen LogP contribution in [-0.2, 0) is 14.3 Å². The summed E-state index contributed by atoms with van der Waals surface area (Å²) < 4.78 is 4.92. The topological polar surface area (TPSA) is 92.7 Å². The largest absolute Gasteiger partial charge is 0.480 e. The van der Waals surface area contributed by atoms with Crippen LogP contribution in [0.15, 0.2) is 22.7 Å². The number of methoxy groups -OCH3 is 1. The minimum atomic E-state index is -1.23. The van der Waals surface area contributed by atoms with Crippen LogP contribution in [0.1, 0.15) is 23.2 Å². The summed E-state index contributed by atoms with van der Waals surface area (Å²) in [6.07, 6.45) is -0.170. The van der Waals surface area contributed by atoms with Crippen molar-refractivity contribution < 1.29 is 24.2 Å². The van der Waals surface area contributed by atoms with E-state index in [-0.39, 0.29) is 18.4 Å². The molecule has 1 rings (SSSR count). The van der Waals surface area contributed by atoms with Gasteiger partial charge in [0.15, 0.2) is 0 Å². The standard InChI is InChI=1S/C13H13BrClNO5/c1-21-11(17)5-4-10(13(19)20)16-12(18)8-6-7(15)2-3-9(8)14/h2-3,6,10H,4-5H2,1H3,(H,16,18)(H,19,20). The van der Waals surface area contributed by atoms with E-state index in [1.807, 2.05) is 0 Å². The van der Waals surface area contributed by atoms with Gasteiger partial charge in [0.05, 0.1) is 12.7 Å². The Balaban J connectivity index is 2.79. The number of hydrogen-bond acceptors (Lipinski definition) is 4. The van der Waals surface area contributed by atoms with Gasteiger partial charge in [-0.25, -0.2) is 4.79 Å². The minimum absolute atomic E-state index is 0.0636. The van der Waals surface area contributed by atoms with Gasteiger partial charge in [-0.2, -0.15) is 0 Å². The van der Waals surface area contributed by atoms with Crippen molar-refractivity contribution in [3.05, 3.63) is 33.3 Å². The molecule has 0 saturated heterocycles. The number of esters is 1. The zero-order valence-electron chi connectivity index (χ0n) is 11.1. The van der Waals surface area contributed by atoms with Gasteiger partial charge in [0.1, 0.15) is 6.04 Å². The molecule has 6 nitrogen and oxygen atoms in total. The zero-order chi connectivity index (χ0) is 16.0. The molecule has 1 amide bonds. The number of ether oxygens (including phenoxy) is 1. The number of benzene rings is 1. The lowest BCUT2D eigenvalue weighted by molar-refractivity contribution is -0.142. The smallest absolute Gasteiger partial charge is 0.326 e. The summed E-state index contributed by atoms with van der Waals surface area (Å²) in [5, 5.41) is 11.8. The Morgan fingerprint density at radius 1 is 1.43 bits per heavy atom. The van der Waals surface area contributed by atoms with Crippen LogP contribution in [0.2, 0.25) is 5.02 Å². The summed E-state index contributed by atoms with van der Waals surface area (Å²) in [4.78, 5) is 34.2. The van der Waals surface area contributed by atoms with E-state index in [1.54, 1.807) is 12.1 Å². The average Bonchev–Trinajstić information content (AvgIpc) is 2.44. The number of amides is 1. The number of halogens is 2. The van der Waals surface area contributed by atoms with E-state index < -0.39 is 23.9 Å². The first-order chi connectivity index (χ1) is 9.85. The molecular weight excluding hydrogens is 366 g/mol.